The van der Waals surface area contributed by atoms with Crippen LogP contribution in [-0.2, 0) is 6.54 Å². The van der Waals surface area contributed by atoms with Crippen LogP contribution in [0.25, 0.3) is 10.8 Å². The maximum Gasteiger partial charge on any atom is 0.274 e. The molecule has 1 aromatic carbocycles. The second-order valence-electron chi connectivity index (χ2n) is 7.48. The van der Waals surface area contributed by atoms with Crippen molar-refractivity contribution in [2.24, 2.45) is 5.92 Å². The highest BCUT2D eigenvalue weighted by molar-refractivity contribution is 6.04. The summed E-state index contributed by atoms with van der Waals surface area (Å²) in [7, 11) is 0. The number of nitrogens with one attached hydrogen (secondary N) is 2. The average molecular weight is 371 g/mol. The van der Waals surface area contributed by atoms with E-state index in [0.29, 0.717) is 29.6 Å². The van der Waals surface area contributed by atoms with Gasteiger partial charge in [0.15, 0.2) is 5.69 Å². The average Bonchev–Trinajstić information content (AvgIpc) is 2.68. The first-order valence-corrected chi connectivity index (χ1v) is 9.77. The summed E-state index contributed by atoms with van der Waals surface area (Å²) in [5.74, 6) is 0.0512. The van der Waals surface area contributed by atoms with E-state index in [1.54, 1.807) is 12.1 Å². The number of fused-ring (bicyclic) bond motifs is 1. The number of hydrogen-bond donors (Lipinski definition) is 2. The van der Waals surface area contributed by atoms with Gasteiger partial charge in [-0.15, -0.1) is 0 Å². The van der Waals surface area contributed by atoms with Gasteiger partial charge < -0.3 is 15.5 Å². The highest BCUT2D eigenvalue weighted by atomic mass is 16.2. The lowest BCUT2D eigenvalue weighted by Crippen LogP contribution is -2.44. The summed E-state index contributed by atoms with van der Waals surface area (Å²) < 4.78 is 1.42. The topological polar surface area (TPSA) is 79.3 Å². The minimum atomic E-state index is -0.219. The quantitative estimate of drug-likeness (QED) is 0.712. The van der Waals surface area contributed by atoms with Gasteiger partial charge in [-0.2, -0.15) is 5.10 Å². The zero-order chi connectivity index (χ0) is 19.2. The van der Waals surface area contributed by atoms with Gasteiger partial charge in [-0.25, -0.2) is 4.68 Å². The molecule has 0 spiro atoms. The van der Waals surface area contributed by atoms with Gasteiger partial charge in [-0.1, -0.05) is 32.0 Å². The Bertz CT molecular complexity index is 840. The molecule has 0 radical (unpaired) electrons. The van der Waals surface area contributed by atoms with Crippen LogP contribution in [0, 0.1) is 5.92 Å². The van der Waals surface area contributed by atoms with Gasteiger partial charge in [0.1, 0.15) is 0 Å². The Kier molecular flexibility index (Phi) is 6.58. The van der Waals surface area contributed by atoms with E-state index in [9.17, 15) is 9.59 Å². The molecule has 0 aliphatic carbocycles. The first-order valence-electron chi connectivity index (χ1n) is 9.77. The van der Waals surface area contributed by atoms with Crippen molar-refractivity contribution < 1.29 is 4.79 Å². The molecule has 7 nitrogen and oxygen atoms in total. The monoisotopic (exact) mass is 371 g/mol. The minimum absolute atomic E-state index is 0.144. The van der Waals surface area contributed by atoms with E-state index < -0.39 is 0 Å². The lowest BCUT2D eigenvalue weighted by molar-refractivity contribution is 0.0945. The fourth-order valence-corrected chi connectivity index (χ4v) is 3.40. The summed E-state index contributed by atoms with van der Waals surface area (Å²) in [6.45, 7) is 10.3. The SMILES string of the molecule is CC(C)Cn1nc(C(=O)NCCCN2CCNCC2)c2ccccc2c1=O. The molecule has 1 amide bonds. The van der Waals surface area contributed by atoms with E-state index in [1.807, 2.05) is 26.0 Å². The zero-order valence-electron chi connectivity index (χ0n) is 16.2. The predicted octanol–water partition coefficient (Wildman–Crippen LogP) is 1.08. The molecule has 3 rings (SSSR count). The predicted molar refractivity (Wildman–Crippen MR) is 107 cm³/mol. The van der Waals surface area contributed by atoms with E-state index in [1.165, 1.54) is 4.68 Å². The van der Waals surface area contributed by atoms with E-state index in [4.69, 9.17) is 0 Å². The molecule has 27 heavy (non-hydrogen) atoms. The molecular weight excluding hydrogens is 342 g/mol. The van der Waals surface area contributed by atoms with Crippen LogP contribution in [0.3, 0.4) is 0 Å². The number of carbonyl (C=O) groups excluding carboxylic acids is 1. The number of benzene rings is 1. The number of piperazine rings is 1. The van der Waals surface area contributed by atoms with Gasteiger partial charge in [0.25, 0.3) is 11.5 Å². The van der Waals surface area contributed by atoms with Crippen molar-refractivity contribution >= 4 is 16.7 Å². The Hall–Kier alpha value is -2.25. The molecular formula is C20H29N5O2. The molecule has 0 atom stereocenters. The standard InChI is InChI=1S/C20H29N5O2/c1-15(2)14-25-20(27)17-7-4-3-6-16(17)18(23-25)19(26)22-8-5-11-24-12-9-21-10-13-24/h3-4,6-7,15,21H,5,8-14H2,1-2H3,(H,22,26). The normalized spacial score (nSPS) is 15.4. The Balaban J connectivity index is 1.71. The van der Waals surface area contributed by atoms with Crippen LogP contribution in [0.2, 0.25) is 0 Å². The number of rotatable bonds is 7. The highest BCUT2D eigenvalue weighted by Crippen LogP contribution is 2.13. The lowest BCUT2D eigenvalue weighted by atomic mass is 10.1. The molecule has 2 N–H and O–H groups in total. The largest absolute Gasteiger partial charge is 0.351 e. The highest BCUT2D eigenvalue weighted by Gasteiger charge is 2.17. The zero-order valence-corrected chi connectivity index (χ0v) is 16.2. The van der Waals surface area contributed by atoms with Crippen LogP contribution in [-0.4, -0.2) is 59.9 Å². The molecule has 1 fully saturated rings. The van der Waals surface area contributed by atoms with Crippen molar-refractivity contribution in [3.63, 3.8) is 0 Å². The Labute approximate surface area is 159 Å². The van der Waals surface area contributed by atoms with E-state index in [-0.39, 0.29) is 17.4 Å². The van der Waals surface area contributed by atoms with Gasteiger partial charge >= 0.3 is 0 Å². The number of nitrogens with zero attached hydrogens (tertiary/aromatic N) is 3. The Morgan fingerprint density at radius 2 is 1.93 bits per heavy atom. The van der Waals surface area contributed by atoms with Crippen LogP contribution >= 0.6 is 0 Å². The van der Waals surface area contributed by atoms with Crippen molar-refractivity contribution in [1.29, 1.82) is 0 Å². The fraction of sp³-hybridized carbons (Fsp3) is 0.550. The van der Waals surface area contributed by atoms with Crippen molar-refractivity contribution in [3.8, 4) is 0 Å². The smallest absolute Gasteiger partial charge is 0.274 e. The summed E-state index contributed by atoms with van der Waals surface area (Å²) in [5, 5.41) is 11.8. The summed E-state index contributed by atoms with van der Waals surface area (Å²) >= 11 is 0. The molecule has 0 unspecified atom stereocenters. The minimum Gasteiger partial charge on any atom is -0.351 e. The summed E-state index contributed by atoms with van der Waals surface area (Å²) in [6.07, 6.45) is 0.898. The van der Waals surface area contributed by atoms with E-state index >= 15 is 0 Å². The Morgan fingerprint density at radius 1 is 1.22 bits per heavy atom. The molecule has 2 aromatic rings. The molecule has 1 aliphatic rings. The Morgan fingerprint density at radius 3 is 2.63 bits per heavy atom. The van der Waals surface area contributed by atoms with Crippen LogP contribution in [0.4, 0.5) is 0 Å². The second-order valence-corrected chi connectivity index (χ2v) is 7.48. The second kappa shape index (κ2) is 9.10. The van der Waals surface area contributed by atoms with Gasteiger partial charge in [-0.05, 0) is 24.9 Å². The van der Waals surface area contributed by atoms with Crippen molar-refractivity contribution in [2.75, 3.05) is 39.3 Å². The van der Waals surface area contributed by atoms with Crippen molar-refractivity contribution in [2.45, 2.75) is 26.8 Å². The molecule has 1 aliphatic heterocycles. The maximum atomic E-state index is 12.7. The number of aromatic nitrogens is 2. The number of carbonyl (C=O) groups is 1. The molecule has 1 aromatic heterocycles. The van der Waals surface area contributed by atoms with Gasteiger partial charge in [0.05, 0.1) is 5.39 Å². The third-order valence-corrected chi connectivity index (χ3v) is 4.77. The van der Waals surface area contributed by atoms with Gasteiger partial charge in [0.2, 0.25) is 0 Å². The summed E-state index contributed by atoms with van der Waals surface area (Å²) in [6, 6.07) is 7.20. The molecule has 0 saturated carbocycles. The van der Waals surface area contributed by atoms with Crippen LogP contribution in [0.5, 0.6) is 0 Å². The number of hydrogen-bond acceptors (Lipinski definition) is 5. The van der Waals surface area contributed by atoms with Crippen molar-refractivity contribution in [1.82, 2.24) is 25.3 Å². The van der Waals surface area contributed by atoms with Crippen molar-refractivity contribution in [3.05, 3.63) is 40.3 Å². The van der Waals surface area contributed by atoms with Crippen LogP contribution in [0.15, 0.2) is 29.1 Å². The van der Waals surface area contributed by atoms with Crippen LogP contribution in [0.1, 0.15) is 30.8 Å². The third kappa shape index (κ3) is 4.93. The van der Waals surface area contributed by atoms with E-state index in [0.717, 1.165) is 39.1 Å². The number of amides is 1. The molecule has 146 valence electrons. The maximum absolute atomic E-state index is 12.7. The lowest BCUT2D eigenvalue weighted by Gasteiger charge is -2.27. The molecule has 1 saturated heterocycles. The third-order valence-electron chi connectivity index (χ3n) is 4.77. The van der Waals surface area contributed by atoms with Crippen LogP contribution < -0.4 is 16.2 Å². The molecule has 7 heteroatoms. The summed E-state index contributed by atoms with van der Waals surface area (Å²) in [4.78, 5) is 27.8. The first-order chi connectivity index (χ1) is 13.1. The van der Waals surface area contributed by atoms with Gasteiger partial charge in [0, 0.05) is 44.7 Å². The first kappa shape index (κ1) is 19.5. The van der Waals surface area contributed by atoms with E-state index in [2.05, 4.69) is 20.6 Å². The molecule has 0 bridgehead atoms. The summed E-state index contributed by atoms with van der Waals surface area (Å²) in [5.41, 5.74) is 0.183. The fourth-order valence-electron chi connectivity index (χ4n) is 3.40. The molecule has 2 heterocycles. The van der Waals surface area contributed by atoms with Gasteiger partial charge in [-0.3, -0.25) is 9.59 Å².